The summed E-state index contributed by atoms with van der Waals surface area (Å²) in [5.41, 5.74) is 1.87. The summed E-state index contributed by atoms with van der Waals surface area (Å²) in [7, 11) is 1.73. The molecule has 0 radical (unpaired) electrons. The second kappa shape index (κ2) is 12.0. The van der Waals surface area contributed by atoms with Crippen LogP contribution in [0.4, 0.5) is 5.69 Å². The summed E-state index contributed by atoms with van der Waals surface area (Å²) in [5.74, 6) is 0.692. The van der Waals surface area contributed by atoms with Crippen LogP contribution < -0.4 is 16.0 Å². The maximum Gasteiger partial charge on any atom is 0.226 e. The third-order valence-electron chi connectivity index (χ3n) is 3.56. The van der Waals surface area contributed by atoms with Crippen LogP contribution in [0.25, 0.3) is 0 Å². The largest absolute Gasteiger partial charge is 0.356 e. The van der Waals surface area contributed by atoms with E-state index in [-0.39, 0.29) is 34.6 Å². The molecule has 1 aromatic rings. The van der Waals surface area contributed by atoms with Crippen LogP contribution in [0.2, 0.25) is 0 Å². The molecule has 8 heteroatoms. The van der Waals surface area contributed by atoms with Crippen molar-refractivity contribution in [3.05, 3.63) is 28.2 Å². The lowest BCUT2D eigenvalue weighted by Gasteiger charge is -2.23. The predicted molar refractivity (Wildman–Crippen MR) is 124 cm³/mol. The standard InChI is InChI=1S/C17H27BrN4OS.HI/c1-12-10-13(18)6-7-14(12)22-15(23)8-9-20-16(19-4)21-11-17(2,3)24-5;/h6-7,10H,8-9,11H2,1-5H3,(H,22,23)(H2,19,20,21);1H. The van der Waals surface area contributed by atoms with Gasteiger partial charge in [-0.25, -0.2) is 0 Å². The van der Waals surface area contributed by atoms with Gasteiger partial charge in [-0.15, -0.1) is 24.0 Å². The zero-order valence-corrected chi connectivity index (χ0v) is 20.1. The van der Waals surface area contributed by atoms with E-state index in [0.717, 1.165) is 22.3 Å². The van der Waals surface area contributed by atoms with Gasteiger partial charge in [0.2, 0.25) is 5.91 Å². The van der Waals surface area contributed by atoms with Gasteiger partial charge in [-0.1, -0.05) is 15.9 Å². The Kier molecular flexibility index (Phi) is 11.8. The van der Waals surface area contributed by atoms with Crippen molar-refractivity contribution < 1.29 is 4.79 Å². The molecule has 0 saturated carbocycles. The molecule has 0 aromatic heterocycles. The second-order valence-electron chi connectivity index (χ2n) is 6.07. The van der Waals surface area contributed by atoms with Gasteiger partial charge in [-0.2, -0.15) is 11.8 Å². The highest BCUT2D eigenvalue weighted by molar-refractivity contribution is 14.0. The van der Waals surface area contributed by atoms with Gasteiger partial charge in [0.1, 0.15) is 0 Å². The number of guanidine groups is 1. The summed E-state index contributed by atoms with van der Waals surface area (Å²) >= 11 is 5.22. The van der Waals surface area contributed by atoms with Gasteiger partial charge in [0.25, 0.3) is 0 Å². The quantitative estimate of drug-likeness (QED) is 0.277. The molecule has 0 heterocycles. The number of carbonyl (C=O) groups excluding carboxylic acids is 1. The first-order chi connectivity index (χ1) is 11.3. The van der Waals surface area contributed by atoms with E-state index in [2.05, 4.69) is 57.0 Å². The minimum absolute atomic E-state index is 0. The summed E-state index contributed by atoms with van der Waals surface area (Å²) in [6, 6.07) is 5.79. The van der Waals surface area contributed by atoms with E-state index < -0.39 is 0 Å². The number of benzene rings is 1. The van der Waals surface area contributed by atoms with Gasteiger partial charge in [0, 0.05) is 41.5 Å². The van der Waals surface area contributed by atoms with E-state index in [0.29, 0.717) is 18.9 Å². The number of carbonyl (C=O) groups is 1. The second-order valence-corrected chi connectivity index (χ2v) is 8.50. The van der Waals surface area contributed by atoms with Crippen LogP contribution in [0.3, 0.4) is 0 Å². The van der Waals surface area contributed by atoms with Gasteiger partial charge in [-0.3, -0.25) is 9.79 Å². The molecule has 25 heavy (non-hydrogen) atoms. The summed E-state index contributed by atoms with van der Waals surface area (Å²) in [5, 5.41) is 9.38. The molecule has 0 aliphatic rings. The fourth-order valence-electron chi connectivity index (χ4n) is 1.86. The van der Waals surface area contributed by atoms with Gasteiger partial charge in [0.05, 0.1) is 0 Å². The van der Waals surface area contributed by atoms with Gasteiger partial charge >= 0.3 is 0 Å². The molecule has 0 aliphatic heterocycles. The molecule has 0 bridgehead atoms. The van der Waals surface area contributed by atoms with E-state index in [1.54, 1.807) is 18.8 Å². The zero-order chi connectivity index (χ0) is 18.2. The minimum Gasteiger partial charge on any atom is -0.356 e. The van der Waals surface area contributed by atoms with Crippen LogP contribution in [-0.2, 0) is 4.79 Å². The molecule has 1 amide bonds. The number of hydrogen-bond acceptors (Lipinski definition) is 3. The molecule has 3 N–H and O–H groups in total. The Bertz CT molecular complexity index is 596. The number of aryl methyl sites for hydroxylation is 1. The van der Waals surface area contributed by atoms with E-state index in [1.165, 1.54) is 0 Å². The SMILES string of the molecule is CN=C(NCCC(=O)Nc1ccc(Br)cc1C)NCC(C)(C)SC.I. The molecule has 0 atom stereocenters. The number of rotatable bonds is 7. The van der Waals surface area contributed by atoms with Crippen molar-refractivity contribution in [1.82, 2.24) is 10.6 Å². The molecule has 0 saturated heterocycles. The monoisotopic (exact) mass is 542 g/mol. The Morgan fingerprint density at radius 1 is 1.32 bits per heavy atom. The van der Waals surface area contributed by atoms with Gasteiger partial charge in [0.15, 0.2) is 5.96 Å². The van der Waals surface area contributed by atoms with Crippen molar-refractivity contribution >= 4 is 69.2 Å². The number of thioether (sulfide) groups is 1. The number of halogens is 2. The molecule has 1 aromatic carbocycles. The van der Waals surface area contributed by atoms with Gasteiger partial charge < -0.3 is 16.0 Å². The fourth-order valence-corrected chi connectivity index (χ4v) is 2.56. The van der Waals surface area contributed by atoms with Crippen LogP contribution in [0, 0.1) is 6.92 Å². The van der Waals surface area contributed by atoms with Crippen LogP contribution in [-0.4, -0.2) is 43.0 Å². The Morgan fingerprint density at radius 2 is 2.00 bits per heavy atom. The first-order valence-corrected chi connectivity index (χ1v) is 9.85. The van der Waals surface area contributed by atoms with Gasteiger partial charge in [-0.05, 0) is 50.8 Å². The highest BCUT2D eigenvalue weighted by atomic mass is 127. The molecule has 0 unspecified atom stereocenters. The van der Waals surface area contributed by atoms with E-state index in [1.807, 2.05) is 25.1 Å². The maximum atomic E-state index is 12.1. The fraction of sp³-hybridized carbons (Fsp3) is 0.529. The van der Waals surface area contributed by atoms with Crippen LogP contribution in [0.5, 0.6) is 0 Å². The van der Waals surface area contributed by atoms with Crippen LogP contribution in [0.15, 0.2) is 27.7 Å². The Hall–Kier alpha value is -0.480. The lowest BCUT2D eigenvalue weighted by molar-refractivity contribution is -0.116. The lowest BCUT2D eigenvalue weighted by atomic mass is 10.2. The Labute approximate surface area is 180 Å². The van der Waals surface area contributed by atoms with Crippen LogP contribution in [0.1, 0.15) is 25.8 Å². The van der Waals surface area contributed by atoms with Crippen molar-refractivity contribution in [2.75, 3.05) is 31.7 Å². The zero-order valence-electron chi connectivity index (χ0n) is 15.4. The molecule has 142 valence electrons. The van der Waals surface area contributed by atoms with E-state index >= 15 is 0 Å². The molecule has 1 rings (SSSR count). The minimum atomic E-state index is -0.0205. The highest BCUT2D eigenvalue weighted by Gasteiger charge is 2.16. The number of aliphatic imine (C=N–C) groups is 1. The number of hydrogen-bond donors (Lipinski definition) is 3. The third kappa shape index (κ3) is 9.69. The number of anilines is 1. The molecular formula is C17H28BrIN4OS. The molecule has 5 nitrogen and oxygen atoms in total. The van der Waals surface area contributed by atoms with Crippen LogP contribution >= 0.6 is 51.7 Å². The molecular weight excluding hydrogens is 515 g/mol. The van der Waals surface area contributed by atoms with Crippen molar-refractivity contribution in [3.63, 3.8) is 0 Å². The number of nitrogens with zero attached hydrogens (tertiary/aromatic N) is 1. The highest BCUT2D eigenvalue weighted by Crippen LogP contribution is 2.20. The summed E-state index contributed by atoms with van der Waals surface area (Å²) < 4.78 is 1.14. The summed E-state index contributed by atoms with van der Waals surface area (Å²) in [4.78, 5) is 16.2. The normalized spacial score (nSPS) is 11.5. The lowest BCUT2D eigenvalue weighted by Crippen LogP contribution is -2.44. The average molecular weight is 543 g/mol. The van der Waals surface area contributed by atoms with Crippen molar-refractivity contribution in [1.29, 1.82) is 0 Å². The molecule has 0 fully saturated rings. The first kappa shape index (κ1) is 24.5. The van der Waals surface area contributed by atoms with E-state index in [9.17, 15) is 4.79 Å². The van der Waals surface area contributed by atoms with Crippen molar-refractivity contribution in [2.24, 2.45) is 4.99 Å². The predicted octanol–water partition coefficient (Wildman–Crippen LogP) is 4.01. The van der Waals surface area contributed by atoms with Crippen molar-refractivity contribution in [2.45, 2.75) is 31.9 Å². The van der Waals surface area contributed by atoms with E-state index in [4.69, 9.17) is 0 Å². The number of nitrogens with one attached hydrogen (secondary N) is 3. The maximum absolute atomic E-state index is 12.1. The Balaban J connectivity index is 0.00000576. The smallest absolute Gasteiger partial charge is 0.226 e. The third-order valence-corrected chi connectivity index (χ3v) is 5.31. The molecule has 0 spiro atoms. The Morgan fingerprint density at radius 3 is 2.56 bits per heavy atom. The average Bonchev–Trinajstić information content (AvgIpc) is 2.53. The van der Waals surface area contributed by atoms with Crippen molar-refractivity contribution in [3.8, 4) is 0 Å². The first-order valence-electron chi connectivity index (χ1n) is 7.83. The molecule has 0 aliphatic carbocycles. The number of amides is 1. The summed E-state index contributed by atoms with van der Waals surface area (Å²) in [6.07, 6.45) is 2.47. The summed E-state index contributed by atoms with van der Waals surface area (Å²) in [6.45, 7) is 7.65. The topological polar surface area (TPSA) is 65.5 Å².